The quantitative estimate of drug-likeness (QED) is 0.627. The highest BCUT2D eigenvalue weighted by Crippen LogP contribution is 2.31. The van der Waals surface area contributed by atoms with Gasteiger partial charge in [-0.25, -0.2) is 4.79 Å². The molecule has 1 aliphatic heterocycles. The van der Waals surface area contributed by atoms with Crippen LogP contribution in [0.1, 0.15) is 0 Å². The van der Waals surface area contributed by atoms with Crippen molar-refractivity contribution >= 4 is 29.0 Å². The summed E-state index contributed by atoms with van der Waals surface area (Å²) in [6, 6.07) is 22.8. The lowest BCUT2D eigenvalue weighted by Crippen LogP contribution is -2.40. The Labute approximate surface area is 167 Å². The van der Waals surface area contributed by atoms with Gasteiger partial charge < -0.3 is 25.4 Å². The molecule has 3 amide bonds. The molecule has 0 fully saturated rings. The minimum absolute atomic E-state index is 0.125. The Bertz CT molecular complexity index is 1020. The molecule has 1 heterocycles. The average molecular weight is 389 g/mol. The van der Waals surface area contributed by atoms with Crippen LogP contribution >= 0.6 is 0 Å². The minimum atomic E-state index is -0.761. The van der Waals surface area contributed by atoms with Gasteiger partial charge in [-0.2, -0.15) is 0 Å². The normalized spacial score (nSPS) is 14.6. The number of carbonyl (C=O) groups is 2. The number of hydrogen-bond acceptors (Lipinski definition) is 4. The number of anilines is 3. The van der Waals surface area contributed by atoms with E-state index < -0.39 is 6.10 Å². The molecular weight excluding hydrogens is 370 g/mol. The van der Waals surface area contributed by atoms with Crippen LogP contribution in [0.2, 0.25) is 0 Å². The third kappa shape index (κ3) is 4.65. The topological polar surface area (TPSA) is 88.7 Å². The smallest absolute Gasteiger partial charge is 0.323 e. The number of amides is 3. The van der Waals surface area contributed by atoms with Gasteiger partial charge in [-0.15, -0.1) is 0 Å². The van der Waals surface area contributed by atoms with Gasteiger partial charge >= 0.3 is 6.03 Å². The van der Waals surface area contributed by atoms with Crippen LogP contribution < -0.4 is 25.4 Å². The highest BCUT2D eigenvalue weighted by molar-refractivity contribution is 6.00. The summed E-state index contributed by atoms with van der Waals surface area (Å²) in [5.74, 6) is 0.824. The Morgan fingerprint density at radius 1 is 0.724 bits per heavy atom. The molecule has 146 valence electrons. The fraction of sp³-hybridized carbons (Fsp3) is 0.0909. The van der Waals surface area contributed by atoms with E-state index in [1.807, 2.05) is 30.3 Å². The summed E-state index contributed by atoms with van der Waals surface area (Å²) in [5, 5.41) is 8.27. The first-order valence-corrected chi connectivity index (χ1v) is 9.10. The molecule has 7 heteroatoms. The van der Waals surface area contributed by atoms with Gasteiger partial charge in [0.05, 0.1) is 0 Å². The van der Waals surface area contributed by atoms with Gasteiger partial charge in [0.1, 0.15) is 6.61 Å². The third-order valence-corrected chi connectivity index (χ3v) is 4.22. The molecule has 1 unspecified atom stereocenters. The predicted octanol–water partition coefficient (Wildman–Crippen LogP) is 4.11. The molecule has 3 N–H and O–H groups in total. The number of fused-ring (bicyclic) bond motifs is 1. The van der Waals surface area contributed by atoms with Crippen molar-refractivity contribution in [3.63, 3.8) is 0 Å². The number of nitrogens with one attached hydrogen (secondary N) is 3. The van der Waals surface area contributed by atoms with Crippen molar-refractivity contribution in [3.05, 3.63) is 78.9 Å². The fourth-order valence-electron chi connectivity index (χ4n) is 2.86. The Hall–Kier alpha value is -4.00. The minimum Gasteiger partial charge on any atom is -0.485 e. The first kappa shape index (κ1) is 18.4. The second kappa shape index (κ2) is 8.35. The number of urea groups is 1. The van der Waals surface area contributed by atoms with Crippen molar-refractivity contribution in [2.75, 3.05) is 22.6 Å². The van der Waals surface area contributed by atoms with Crippen molar-refractivity contribution < 1.29 is 19.1 Å². The van der Waals surface area contributed by atoms with E-state index in [1.54, 1.807) is 48.5 Å². The largest absolute Gasteiger partial charge is 0.485 e. The van der Waals surface area contributed by atoms with Crippen LogP contribution in [0.5, 0.6) is 11.5 Å². The van der Waals surface area contributed by atoms with Crippen molar-refractivity contribution in [3.8, 4) is 11.5 Å². The molecule has 1 aliphatic rings. The zero-order valence-corrected chi connectivity index (χ0v) is 15.4. The van der Waals surface area contributed by atoms with E-state index in [1.165, 1.54) is 0 Å². The van der Waals surface area contributed by atoms with Crippen molar-refractivity contribution in [1.82, 2.24) is 0 Å². The SMILES string of the molecule is O=C(Nc1ccccc1)Nc1cccc(NC(=O)C2COc3ccccc3O2)c1. The van der Waals surface area contributed by atoms with Crippen molar-refractivity contribution in [1.29, 1.82) is 0 Å². The van der Waals surface area contributed by atoms with Gasteiger partial charge in [-0.05, 0) is 42.5 Å². The summed E-state index contributed by atoms with van der Waals surface area (Å²) in [4.78, 5) is 24.7. The maximum atomic E-state index is 12.5. The van der Waals surface area contributed by atoms with Gasteiger partial charge in [-0.1, -0.05) is 36.4 Å². The Morgan fingerprint density at radius 3 is 2.14 bits per heavy atom. The van der Waals surface area contributed by atoms with Crippen LogP contribution in [0.15, 0.2) is 78.9 Å². The molecule has 0 saturated heterocycles. The molecule has 0 radical (unpaired) electrons. The molecule has 0 aromatic heterocycles. The molecule has 0 aliphatic carbocycles. The molecule has 0 bridgehead atoms. The number of ether oxygens (including phenoxy) is 2. The lowest BCUT2D eigenvalue weighted by Gasteiger charge is -2.25. The van der Waals surface area contributed by atoms with E-state index in [9.17, 15) is 9.59 Å². The third-order valence-electron chi connectivity index (χ3n) is 4.22. The van der Waals surface area contributed by atoms with E-state index >= 15 is 0 Å². The highest BCUT2D eigenvalue weighted by atomic mass is 16.6. The van der Waals surface area contributed by atoms with E-state index in [-0.39, 0.29) is 18.5 Å². The zero-order valence-electron chi connectivity index (χ0n) is 15.4. The van der Waals surface area contributed by atoms with Crippen LogP contribution in [-0.4, -0.2) is 24.6 Å². The van der Waals surface area contributed by atoms with Crippen molar-refractivity contribution in [2.24, 2.45) is 0 Å². The summed E-state index contributed by atoms with van der Waals surface area (Å²) in [5.41, 5.74) is 1.77. The van der Waals surface area contributed by atoms with Crippen LogP contribution in [-0.2, 0) is 4.79 Å². The van der Waals surface area contributed by atoms with E-state index in [0.717, 1.165) is 0 Å². The molecule has 1 atom stereocenters. The first-order valence-electron chi connectivity index (χ1n) is 9.10. The summed E-state index contributed by atoms with van der Waals surface area (Å²) in [6.07, 6.45) is -0.761. The lowest BCUT2D eigenvalue weighted by atomic mass is 10.2. The van der Waals surface area contributed by atoms with E-state index in [0.29, 0.717) is 28.6 Å². The average Bonchev–Trinajstić information content (AvgIpc) is 2.74. The number of para-hydroxylation sites is 3. The lowest BCUT2D eigenvalue weighted by molar-refractivity contribution is -0.125. The molecule has 0 saturated carbocycles. The van der Waals surface area contributed by atoms with Crippen LogP contribution in [0, 0.1) is 0 Å². The summed E-state index contributed by atoms with van der Waals surface area (Å²) in [6.45, 7) is 0.125. The Morgan fingerprint density at radius 2 is 1.34 bits per heavy atom. The Kier molecular flexibility index (Phi) is 5.29. The van der Waals surface area contributed by atoms with Gasteiger partial charge in [0.2, 0.25) is 6.10 Å². The molecule has 4 rings (SSSR count). The number of carbonyl (C=O) groups excluding carboxylic acids is 2. The molecule has 0 spiro atoms. The first-order chi connectivity index (χ1) is 14.2. The standard InChI is InChI=1S/C22H19N3O4/c26-21(20-14-28-18-11-4-5-12-19(18)29-20)23-16-9-6-10-17(13-16)25-22(27)24-15-7-2-1-3-8-15/h1-13,20H,14H2,(H,23,26)(H2,24,25,27). The summed E-state index contributed by atoms with van der Waals surface area (Å²) >= 11 is 0. The maximum absolute atomic E-state index is 12.5. The number of rotatable bonds is 4. The zero-order chi connectivity index (χ0) is 20.1. The summed E-state index contributed by atoms with van der Waals surface area (Å²) in [7, 11) is 0. The van der Waals surface area contributed by atoms with Crippen LogP contribution in [0.25, 0.3) is 0 Å². The van der Waals surface area contributed by atoms with Crippen LogP contribution in [0.3, 0.4) is 0 Å². The summed E-state index contributed by atoms with van der Waals surface area (Å²) < 4.78 is 11.3. The maximum Gasteiger partial charge on any atom is 0.323 e. The second-order valence-electron chi connectivity index (χ2n) is 6.38. The number of hydrogen-bond donors (Lipinski definition) is 3. The monoisotopic (exact) mass is 389 g/mol. The molecule has 7 nitrogen and oxygen atoms in total. The van der Waals surface area contributed by atoms with Gasteiger partial charge in [0.25, 0.3) is 5.91 Å². The van der Waals surface area contributed by atoms with Crippen LogP contribution in [0.4, 0.5) is 21.9 Å². The van der Waals surface area contributed by atoms with Gasteiger partial charge in [0.15, 0.2) is 11.5 Å². The molecular formula is C22H19N3O4. The van der Waals surface area contributed by atoms with Crippen molar-refractivity contribution in [2.45, 2.75) is 6.10 Å². The molecule has 3 aromatic rings. The number of benzene rings is 3. The van der Waals surface area contributed by atoms with Gasteiger partial charge in [-0.3, -0.25) is 4.79 Å². The molecule has 3 aromatic carbocycles. The van der Waals surface area contributed by atoms with E-state index in [2.05, 4.69) is 16.0 Å². The Balaban J connectivity index is 1.36. The van der Waals surface area contributed by atoms with E-state index in [4.69, 9.17) is 9.47 Å². The second-order valence-corrected chi connectivity index (χ2v) is 6.38. The molecule has 29 heavy (non-hydrogen) atoms. The highest BCUT2D eigenvalue weighted by Gasteiger charge is 2.27. The van der Waals surface area contributed by atoms with Gasteiger partial charge in [0, 0.05) is 17.1 Å². The predicted molar refractivity (Wildman–Crippen MR) is 111 cm³/mol. The fourth-order valence-corrected chi connectivity index (χ4v) is 2.86.